The lowest BCUT2D eigenvalue weighted by molar-refractivity contribution is -0.137. The van der Waals surface area contributed by atoms with Crippen LogP contribution in [-0.4, -0.2) is 20.6 Å². The van der Waals surface area contributed by atoms with Gasteiger partial charge in [-0.15, -0.1) is 11.3 Å². The number of carbonyl (C=O) groups is 1. The zero-order valence-electron chi connectivity index (χ0n) is 11.2. The second kappa shape index (κ2) is 5.14. The van der Waals surface area contributed by atoms with Crippen molar-refractivity contribution in [3.63, 3.8) is 0 Å². The van der Waals surface area contributed by atoms with Gasteiger partial charge in [-0.1, -0.05) is 30.3 Å². The van der Waals surface area contributed by atoms with Crippen LogP contribution in [0.4, 0.5) is 0 Å². The third kappa shape index (κ3) is 2.34. The third-order valence-electron chi connectivity index (χ3n) is 3.26. The van der Waals surface area contributed by atoms with Crippen molar-refractivity contribution in [1.82, 2.24) is 9.55 Å². The summed E-state index contributed by atoms with van der Waals surface area (Å²) < 4.78 is 1.20. The van der Waals surface area contributed by atoms with Crippen LogP contribution < -0.4 is 5.56 Å². The van der Waals surface area contributed by atoms with Gasteiger partial charge >= 0.3 is 5.97 Å². The van der Waals surface area contributed by atoms with Crippen molar-refractivity contribution in [1.29, 1.82) is 0 Å². The van der Waals surface area contributed by atoms with E-state index in [0.717, 1.165) is 11.1 Å². The second-order valence-electron chi connectivity index (χ2n) is 4.64. The molecule has 0 amide bonds. The molecule has 21 heavy (non-hydrogen) atoms. The number of hydrogen-bond donors (Lipinski definition) is 1. The fourth-order valence-corrected chi connectivity index (χ4v) is 3.26. The van der Waals surface area contributed by atoms with E-state index < -0.39 is 5.97 Å². The fraction of sp³-hybridized carbons (Fsp3) is 0.133. The first-order valence-corrected chi connectivity index (χ1v) is 7.21. The smallest absolute Gasteiger partial charge is 0.323 e. The molecule has 3 aromatic rings. The Hall–Kier alpha value is -2.47. The molecule has 0 saturated heterocycles. The van der Waals surface area contributed by atoms with Crippen LogP contribution in [-0.2, 0) is 11.3 Å². The first kappa shape index (κ1) is 13.5. The molecule has 0 radical (unpaired) electrons. The van der Waals surface area contributed by atoms with Crippen LogP contribution in [0.25, 0.3) is 21.3 Å². The zero-order chi connectivity index (χ0) is 15.0. The van der Waals surface area contributed by atoms with E-state index in [-0.39, 0.29) is 12.1 Å². The molecule has 0 bridgehead atoms. The summed E-state index contributed by atoms with van der Waals surface area (Å²) in [4.78, 5) is 28.5. The van der Waals surface area contributed by atoms with Gasteiger partial charge < -0.3 is 5.11 Å². The fourth-order valence-electron chi connectivity index (χ4n) is 2.28. The highest BCUT2D eigenvalue weighted by atomic mass is 32.1. The molecule has 2 heterocycles. The number of rotatable bonds is 3. The second-order valence-corrected chi connectivity index (χ2v) is 5.50. The molecule has 0 aliphatic carbocycles. The van der Waals surface area contributed by atoms with Gasteiger partial charge in [-0.2, -0.15) is 0 Å². The van der Waals surface area contributed by atoms with Gasteiger partial charge in [-0.3, -0.25) is 14.2 Å². The molecule has 0 aliphatic heterocycles. The van der Waals surface area contributed by atoms with E-state index in [1.54, 1.807) is 6.92 Å². The highest BCUT2D eigenvalue weighted by molar-refractivity contribution is 7.17. The molecule has 1 aromatic carbocycles. The van der Waals surface area contributed by atoms with E-state index in [2.05, 4.69) is 4.98 Å². The minimum Gasteiger partial charge on any atom is -0.480 e. The summed E-state index contributed by atoms with van der Waals surface area (Å²) in [5.41, 5.74) is 1.42. The number of aliphatic carboxylic acids is 1. The van der Waals surface area contributed by atoms with E-state index in [1.807, 2.05) is 35.7 Å². The van der Waals surface area contributed by atoms with E-state index in [0.29, 0.717) is 16.0 Å². The lowest BCUT2D eigenvalue weighted by Gasteiger charge is -2.07. The lowest BCUT2D eigenvalue weighted by atomic mass is 10.1. The van der Waals surface area contributed by atoms with Crippen LogP contribution in [0.15, 0.2) is 40.5 Å². The number of benzene rings is 1. The normalized spacial score (nSPS) is 10.9. The quantitative estimate of drug-likeness (QED) is 0.806. The average Bonchev–Trinajstić information content (AvgIpc) is 2.88. The molecule has 0 fully saturated rings. The van der Waals surface area contributed by atoms with Gasteiger partial charge in [0.1, 0.15) is 17.2 Å². The Labute approximate surface area is 124 Å². The minimum atomic E-state index is -1.06. The lowest BCUT2D eigenvalue weighted by Crippen LogP contribution is -2.27. The molecule has 5 nitrogen and oxygen atoms in total. The molecule has 1 N–H and O–H groups in total. The molecule has 0 spiro atoms. The van der Waals surface area contributed by atoms with Crippen molar-refractivity contribution in [2.45, 2.75) is 13.5 Å². The highest BCUT2D eigenvalue weighted by Gasteiger charge is 2.16. The van der Waals surface area contributed by atoms with E-state index in [4.69, 9.17) is 5.11 Å². The number of fused-ring (bicyclic) bond motifs is 1. The van der Waals surface area contributed by atoms with Crippen molar-refractivity contribution in [3.05, 3.63) is 51.9 Å². The first-order valence-electron chi connectivity index (χ1n) is 6.34. The van der Waals surface area contributed by atoms with Gasteiger partial charge in [-0.25, -0.2) is 4.98 Å². The Kier molecular flexibility index (Phi) is 3.31. The minimum absolute atomic E-state index is 0.306. The Bertz CT molecular complexity index is 881. The Morgan fingerprint density at radius 3 is 2.71 bits per heavy atom. The number of hydrogen-bond acceptors (Lipinski definition) is 4. The van der Waals surface area contributed by atoms with Gasteiger partial charge in [0.05, 0.1) is 5.39 Å². The van der Waals surface area contributed by atoms with Crippen molar-refractivity contribution in [2.75, 3.05) is 0 Å². The Morgan fingerprint density at radius 2 is 2.05 bits per heavy atom. The number of thiophene rings is 1. The van der Waals surface area contributed by atoms with Crippen molar-refractivity contribution in [3.8, 4) is 11.1 Å². The van der Waals surface area contributed by atoms with Gasteiger partial charge in [0, 0.05) is 10.9 Å². The molecule has 0 unspecified atom stereocenters. The van der Waals surface area contributed by atoms with Crippen LogP contribution in [0.2, 0.25) is 0 Å². The molecule has 6 heteroatoms. The topological polar surface area (TPSA) is 72.2 Å². The standard InChI is InChI=1S/C15H12N2O3S/c1-9-16-14-13(15(20)17(9)7-12(18)19)11(8-21-14)10-5-3-2-4-6-10/h2-6,8H,7H2,1H3,(H,18,19). The summed E-state index contributed by atoms with van der Waals surface area (Å²) in [6.07, 6.45) is 0. The number of aromatic nitrogens is 2. The molecule has 0 saturated carbocycles. The largest absolute Gasteiger partial charge is 0.480 e. The molecule has 0 aliphatic rings. The monoisotopic (exact) mass is 300 g/mol. The summed E-state index contributed by atoms with van der Waals surface area (Å²) in [5.74, 6) is -0.644. The number of carboxylic acids is 1. The molecule has 2 aromatic heterocycles. The van der Waals surface area contributed by atoms with Crippen LogP contribution in [0, 0.1) is 6.92 Å². The maximum atomic E-state index is 12.6. The Balaban J connectivity index is 2.31. The summed E-state index contributed by atoms with van der Waals surface area (Å²) in [7, 11) is 0. The summed E-state index contributed by atoms with van der Waals surface area (Å²) in [6, 6.07) is 9.54. The van der Waals surface area contributed by atoms with Crippen molar-refractivity contribution >= 4 is 27.5 Å². The summed E-state index contributed by atoms with van der Waals surface area (Å²) in [5, 5.41) is 11.3. The number of aryl methyl sites for hydroxylation is 1. The molecule has 3 rings (SSSR count). The van der Waals surface area contributed by atoms with Gasteiger partial charge in [0.25, 0.3) is 5.56 Å². The molecular formula is C15H12N2O3S. The molecule has 106 valence electrons. The van der Waals surface area contributed by atoms with Gasteiger partial charge in [0.2, 0.25) is 0 Å². The number of nitrogens with zero attached hydrogens (tertiary/aromatic N) is 2. The van der Waals surface area contributed by atoms with Crippen LogP contribution in [0.1, 0.15) is 5.82 Å². The highest BCUT2D eigenvalue weighted by Crippen LogP contribution is 2.30. The summed E-state index contributed by atoms with van der Waals surface area (Å²) >= 11 is 1.39. The van der Waals surface area contributed by atoms with Gasteiger partial charge in [-0.05, 0) is 12.5 Å². The van der Waals surface area contributed by atoms with Crippen LogP contribution in [0.5, 0.6) is 0 Å². The summed E-state index contributed by atoms with van der Waals surface area (Å²) in [6.45, 7) is 1.27. The predicted octanol–water partition coefficient (Wildman–Crippen LogP) is 2.52. The van der Waals surface area contributed by atoms with Crippen LogP contribution in [0.3, 0.4) is 0 Å². The molecule has 0 atom stereocenters. The zero-order valence-corrected chi connectivity index (χ0v) is 12.1. The maximum Gasteiger partial charge on any atom is 0.323 e. The maximum absolute atomic E-state index is 12.6. The van der Waals surface area contributed by atoms with E-state index in [9.17, 15) is 9.59 Å². The van der Waals surface area contributed by atoms with E-state index >= 15 is 0 Å². The SMILES string of the molecule is Cc1nc2scc(-c3ccccc3)c2c(=O)n1CC(=O)O. The number of carboxylic acid groups (broad SMARTS) is 1. The molecular weight excluding hydrogens is 288 g/mol. The van der Waals surface area contributed by atoms with E-state index in [1.165, 1.54) is 15.9 Å². The average molecular weight is 300 g/mol. The Morgan fingerprint density at radius 1 is 1.33 bits per heavy atom. The first-order chi connectivity index (χ1) is 10.1. The van der Waals surface area contributed by atoms with Crippen LogP contribution >= 0.6 is 11.3 Å². The van der Waals surface area contributed by atoms with Crippen molar-refractivity contribution < 1.29 is 9.90 Å². The van der Waals surface area contributed by atoms with Crippen molar-refractivity contribution in [2.24, 2.45) is 0 Å². The van der Waals surface area contributed by atoms with Gasteiger partial charge in [0.15, 0.2) is 0 Å². The predicted molar refractivity (Wildman–Crippen MR) is 81.7 cm³/mol. The third-order valence-corrected chi connectivity index (χ3v) is 4.13.